The average Bonchev–Trinajstić information content (AvgIpc) is 2.91. The predicted octanol–water partition coefficient (Wildman–Crippen LogP) is 1.22. The monoisotopic (exact) mass is 313 g/mol. The van der Waals surface area contributed by atoms with Crippen LogP contribution in [0.1, 0.15) is 29.9 Å². The molecule has 0 aromatic carbocycles. The van der Waals surface area contributed by atoms with E-state index in [-0.39, 0.29) is 5.56 Å². The zero-order valence-corrected chi connectivity index (χ0v) is 13.6. The zero-order chi connectivity index (χ0) is 15.8. The molecule has 2 aromatic rings. The third-order valence-electron chi connectivity index (χ3n) is 4.82. The maximum absolute atomic E-state index is 11.8. The third kappa shape index (κ3) is 3.08. The minimum absolute atomic E-state index is 0.00386. The first-order valence-corrected chi connectivity index (χ1v) is 8.50. The lowest BCUT2D eigenvalue weighted by molar-refractivity contribution is 0.0751. The fourth-order valence-corrected chi connectivity index (χ4v) is 3.63. The van der Waals surface area contributed by atoms with E-state index in [1.54, 1.807) is 16.8 Å². The van der Waals surface area contributed by atoms with Crippen molar-refractivity contribution >= 4 is 0 Å². The van der Waals surface area contributed by atoms with Crippen LogP contribution in [0.2, 0.25) is 0 Å². The van der Waals surface area contributed by atoms with Crippen LogP contribution in [0, 0.1) is 12.8 Å². The Morgan fingerprint density at radius 2 is 2.09 bits per heavy atom. The number of hydrogen-bond donors (Lipinski definition) is 0. The molecule has 122 valence electrons. The number of likely N-dealkylation sites (tertiary alicyclic amines) is 1. The molecule has 0 amide bonds. The Balaban J connectivity index is 1.32. The van der Waals surface area contributed by atoms with E-state index in [2.05, 4.69) is 20.7 Å². The highest BCUT2D eigenvalue weighted by Crippen LogP contribution is 2.21. The van der Waals surface area contributed by atoms with E-state index in [1.165, 1.54) is 24.2 Å². The minimum atomic E-state index is -0.00386. The molecule has 0 atom stereocenters. The van der Waals surface area contributed by atoms with Gasteiger partial charge in [0.2, 0.25) is 0 Å². The van der Waals surface area contributed by atoms with Gasteiger partial charge in [-0.3, -0.25) is 14.4 Å². The molecule has 0 spiro atoms. The Labute approximate surface area is 135 Å². The molecular weight excluding hydrogens is 290 g/mol. The van der Waals surface area contributed by atoms with Crippen molar-refractivity contribution in [3.63, 3.8) is 0 Å². The maximum atomic E-state index is 11.8. The quantitative estimate of drug-likeness (QED) is 0.851. The molecule has 0 aliphatic carbocycles. The number of hydrogen-bond acceptors (Lipinski definition) is 4. The van der Waals surface area contributed by atoms with Gasteiger partial charge in [-0.15, -0.1) is 0 Å². The van der Waals surface area contributed by atoms with Crippen molar-refractivity contribution in [1.82, 2.24) is 24.5 Å². The molecule has 6 nitrogen and oxygen atoms in total. The predicted molar refractivity (Wildman–Crippen MR) is 87.2 cm³/mol. The van der Waals surface area contributed by atoms with Crippen molar-refractivity contribution < 1.29 is 0 Å². The van der Waals surface area contributed by atoms with Crippen molar-refractivity contribution in [3.05, 3.63) is 45.6 Å². The topological polar surface area (TPSA) is 56.0 Å². The normalized spacial score (nSPS) is 18.7. The van der Waals surface area contributed by atoms with Gasteiger partial charge in [-0.1, -0.05) is 0 Å². The van der Waals surface area contributed by atoms with Gasteiger partial charge in [0.05, 0.1) is 17.9 Å². The van der Waals surface area contributed by atoms with Gasteiger partial charge in [0.1, 0.15) is 0 Å². The molecular formula is C17H23N5O. The summed E-state index contributed by atoms with van der Waals surface area (Å²) in [5, 5.41) is 9.03. The fraction of sp³-hybridized carbons (Fsp3) is 0.588. The van der Waals surface area contributed by atoms with Crippen LogP contribution < -0.4 is 5.56 Å². The van der Waals surface area contributed by atoms with Crippen LogP contribution in [-0.4, -0.2) is 37.6 Å². The molecule has 1 fully saturated rings. The highest BCUT2D eigenvalue weighted by atomic mass is 16.1. The maximum Gasteiger partial charge on any atom is 0.266 e. The first-order valence-electron chi connectivity index (χ1n) is 8.50. The van der Waals surface area contributed by atoms with Gasteiger partial charge in [0.15, 0.2) is 0 Å². The van der Waals surface area contributed by atoms with E-state index in [0.29, 0.717) is 5.92 Å². The first-order chi connectivity index (χ1) is 11.2. The fourth-order valence-electron chi connectivity index (χ4n) is 3.63. The van der Waals surface area contributed by atoms with Crippen LogP contribution >= 0.6 is 0 Å². The van der Waals surface area contributed by atoms with E-state index in [4.69, 9.17) is 5.10 Å². The molecule has 0 N–H and O–H groups in total. The van der Waals surface area contributed by atoms with Gasteiger partial charge in [0.25, 0.3) is 5.56 Å². The summed E-state index contributed by atoms with van der Waals surface area (Å²) in [7, 11) is 0. The van der Waals surface area contributed by atoms with Crippen molar-refractivity contribution in [2.24, 2.45) is 5.92 Å². The number of fused-ring (bicyclic) bond motifs is 1. The molecule has 4 heterocycles. The van der Waals surface area contributed by atoms with Crippen LogP contribution in [0.15, 0.2) is 23.0 Å². The minimum Gasteiger partial charge on any atom is -0.297 e. The summed E-state index contributed by atoms with van der Waals surface area (Å²) in [5.41, 5.74) is 3.46. The molecule has 0 bridgehead atoms. The summed E-state index contributed by atoms with van der Waals surface area (Å²) in [6, 6.07) is 5.64. The van der Waals surface area contributed by atoms with Crippen LogP contribution in [0.4, 0.5) is 0 Å². The molecule has 2 aliphatic rings. The number of aryl methyl sites for hydroxylation is 3. The summed E-state index contributed by atoms with van der Waals surface area (Å²) in [4.78, 5) is 14.2. The van der Waals surface area contributed by atoms with Crippen LogP contribution in [0.5, 0.6) is 0 Å². The van der Waals surface area contributed by atoms with Gasteiger partial charge >= 0.3 is 0 Å². The summed E-state index contributed by atoms with van der Waals surface area (Å²) in [6.45, 7) is 6.67. The van der Waals surface area contributed by atoms with Crippen LogP contribution in [0.25, 0.3) is 0 Å². The van der Waals surface area contributed by atoms with E-state index >= 15 is 0 Å². The van der Waals surface area contributed by atoms with Crippen molar-refractivity contribution in [2.45, 2.75) is 45.8 Å². The van der Waals surface area contributed by atoms with Crippen molar-refractivity contribution in [3.8, 4) is 0 Å². The molecule has 0 radical (unpaired) electrons. The van der Waals surface area contributed by atoms with Crippen molar-refractivity contribution in [1.29, 1.82) is 0 Å². The van der Waals surface area contributed by atoms with Gasteiger partial charge < -0.3 is 0 Å². The molecule has 4 rings (SSSR count). The van der Waals surface area contributed by atoms with Crippen LogP contribution in [-0.2, 0) is 26.1 Å². The summed E-state index contributed by atoms with van der Waals surface area (Å²) < 4.78 is 3.78. The molecule has 1 saturated heterocycles. The van der Waals surface area contributed by atoms with Crippen molar-refractivity contribution in [2.75, 3.05) is 13.1 Å². The van der Waals surface area contributed by atoms with Gasteiger partial charge in [0, 0.05) is 43.9 Å². The van der Waals surface area contributed by atoms with E-state index < -0.39 is 0 Å². The summed E-state index contributed by atoms with van der Waals surface area (Å²) in [5.74, 6) is 0.513. The second kappa shape index (κ2) is 5.92. The Morgan fingerprint density at radius 1 is 1.22 bits per heavy atom. The van der Waals surface area contributed by atoms with Gasteiger partial charge in [-0.25, -0.2) is 4.68 Å². The third-order valence-corrected chi connectivity index (χ3v) is 4.82. The molecule has 6 heteroatoms. The number of rotatable bonds is 4. The Kier molecular flexibility index (Phi) is 3.77. The number of nitrogens with zero attached hydrogens (tertiary/aromatic N) is 5. The van der Waals surface area contributed by atoms with Crippen LogP contribution in [0.3, 0.4) is 0 Å². The molecule has 0 unspecified atom stereocenters. The smallest absolute Gasteiger partial charge is 0.266 e. The standard InChI is InChI=1S/C17H23N5O/c1-13-5-6-17(23)22(18-13)11-14-9-20(10-14)12-15-8-16-4-2-3-7-21(16)19-15/h5-6,8,14H,2-4,7,9-12H2,1H3. The largest absolute Gasteiger partial charge is 0.297 e. The molecule has 2 aliphatic heterocycles. The Bertz CT molecular complexity index is 733. The zero-order valence-electron chi connectivity index (χ0n) is 13.6. The molecule has 23 heavy (non-hydrogen) atoms. The number of aromatic nitrogens is 4. The lowest BCUT2D eigenvalue weighted by Gasteiger charge is -2.38. The highest BCUT2D eigenvalue weighted by molar-refractivity contribution is 5.12. The van der Waals surface area contributed by atoms with Gasteiger partial charge in [-0.05, 0) is 38.3 Å². The Hall–Kier alpha value is -1.95. The second-order valence-corrected chi connectivity index (χ2v) is 6.86. The summed E-state index contributed by atoms with van der Waals surface area (Å²) in [6.07, 6.45) is 3.70. The molecule has 0 saturated carbocycles. The SMILES string of the molecule is Cc1ccc(=O)n(CC2CN(Cc3cc4n(n3)CCCC4)C2)n1. The van der Waals surface area contributed by atoms with E-state index in [9.17, 15) is 4.79 Å². The van der Waals surface area contributed by atoms with E-state index in [0.717, 1.165) is 44.8 Å². The molecule has 2 aromatic heterocycles. The summed E-state index contributed by atoms with van der Waals surface area (Å²) >= 11 is 0. The lowest BCUT2D eigenvalue weighted by Crippen LogP contribution is -2.49. The Morgan fingerprint density at radius 3 is 2.91 bits per heavy atom. The lowest BCUT2D eigenvalue weighted by atomic mass is 10.00. The average molecular weight is 313 g/mol. The first kappa shape index (κ1) is 14.6. The highest BCUT2D eigenvalue weighted by Gasteiger charge is 2.28. The van der Waals surface area contributed by atoms with E-state index in [1.807, 2.05) is 6.92 Å². The van der Waals surface area contributed by atoms with Gasteiger partial charge in [-0.2, -0.15) is 10.2 Å². The second-order valence-electron chi connectivity index (χ2n) is 6.86.